The molecule has 0 aliphatic carbocycles. The van der Waals surface area contributed by atoms with Crippen LogP contribution in [0.25, 0.3) is 0 Å². The number of carbonyl (C=O) groups is 1. The molecule has 1 aliphatic rings. The largest absolute Gasteiger partial charge is 0.393 e. The first-order valence-electron chi connectivity index (χ1n) is 6.77. The average Bonchev–Trinajstić information content (AvgIpc) is 2.44. The lowest BCUT2D eigenvalue weighted by Gasteiger charge is -2.33. The summed E-state index contributed by atoms with van der Waals surface area (Å²) in [4.78, 5) is 13.5. The Labute approximate surface area is 120 Å². The Balaban J connectivity index is 1.96. The van der Waals surface area contributed by atoms with E-state index in [-0.39, 0.29) is 11.6 Å². The Morgan fingerprint density at radius 2 is 1.81 bits per heavy atom. The minimum absolute atomic E-state index is 0.131. The highest BCUT2D eigenvalue weighted by Gasteiger charge is 2.25. The van der Waals surface area contributed by atoms with Gasteiger partial charge in [-0.15, -0.1) is 0 Å². The van der Waals surface area contributed by atoms with Gasteiger partial charge in [0.15, 0.2) is 17.5 Å². The Hall–Kier alpha value is -1.76. The summed E-state index contributed by atoms with van der Waals surface area (Å²) in [5, 5.41) is 11.8. The zero-order chi connectivity index (χ0) is 15.6. The number of piperidine rings is 1. The maximum atomic E-state index is 13.1. The first-order chi connectivity index (χ1) is 9.88. The number of halogens is 3. The Bertz CT molecular complexity index is 506. The van der Waals surface area contributed by atoms with Crippen molar-refractivity contribution in [3.05, 3.63) is 29.6 Å². The number of aliphatic hydroxyl groups is 1. The number of amides is 2. The van der Waals surface area contributed by atoms with Crippen molar-refractivity contribution in [2.75, 3.05) is 18.4 Å². The van der Waals surface area contributed by atoms with Gasteiger partial charge < -0.3 is 15.3 Å². The van der Waals surface area contributed by atoms with E-state index in [0.717, 1.165) is 12.1 Å². The van der Waals surface area contributed by atoms with Crippen molar-refractivity contribution in [3.63, 3.8) is 0 Å². The van der Waals surface area contributed by atoms with Gasteiger partial charge in [-0.25, -0.2) is 18.0 Å². The molecule has 2 amide bonds. The molecule has 7 heteroatoms. The van der Waals surface area contributed by atoms with Gasteiger partial charge in [0.05, 0.1) is 6.10 Å². The zero-order valence-electron chi connectivity index (χ0n) is 11.6. The molecule has 0 bridgehead atoms. The molecule has 1 aromatic carbocycles. The molecule has 0 radical (unpaired) electrons. The monoisotopic (exact) mass is 302 g/mol. The lowest BCUT2D eigenvalue weighted by atomic mass is 9.92. The van der Waals surface area contributed by atoms with E-state index in [0.29, 0.717) is 25.9 Å². The second kappa shape index (κ2) is 6.34. The van der Waals surface area contributed by atoms with Gasteiger partial charge in [0.1, 0.15) is 0 Å². The van der Waals surface area contributed by atoms with Crippen molar-refractivity contribution in [2.24, 2.45) is 5.92 Å². The van der Waals surface area contributed by atoms with Gasteiger partial charge in [-0.3, -0.25) is 0 Å². The highest BCUT2D eigenvalue weighted by molar-refractivity contribution is 5.89. The number of hydrogen-bond acceptors (Lipinski definition) is 2. The van der Waals surface area contributed by atoms with Crippen LogP contribution >= 0.6 is 0 Å². The quantitative estimate of drug-likeness (QED) is 0.825. The number of anilines is 1. The predicted molar refractivity (Wildman–Crippen MR) is 71.3 cm³/mol. The highest BCUT2D eigenvalue weighted by Crippen LogP contribution is 2.22. The van der Waals surface area contributed by atoms with Crippen molar-refractivity contribution < 1.29 is 23.1 Å². The molecule has 0 saturated carbocycles. The zero-order valence-corrected chi connectivity index (χ0v) is 11.6. The van der Waals surface area contributed by atoms with Crippen molar-refractivity contribution >= 4 is 11.7 Å². The number of urea groups is 1. The molecule has 116 valence electrons. The van der Waals surface area contributed by atoms with E-state index in [4.69, 9.17) is 0 Å². The fourth-order valence-corrected chi connectivity index (χ4v) is 2.42. The van der Waals surface area contributed by atoms with Crippen LogP contribution in [0.4, 0.5) is 23.7 Å². The van der Waals surface area contributed by atoms with Crippen LogP contribution in [-0.4, -0.2) is 35.2 Å². The predicted octanol–water partition coefficient (Wildman–Crippen LogP) is 2.73. The Morgan fingerprint density at radius 1 is 1.29 bits per heavy atom. The molecule has 1 aromatic rings. The molecule has 1 saturated heterocycles. The maximum absolute atomic E-state index is 13.1. The van der Waals surface area contributed by atoms with Crippen LogP contribution in [0.5, 0.6) is 0 Å². The molecule has 2 rings (SSSR count). The van der Waals surface area contributed by atoms with Gasteiger partial charge >= 0.3 is 6.03 Å². The summed E-state index contributed by atoms with van der Waals surface area (Å²) in [5.74, 6) is -4.11. The minimum Gasteiger partial charge on any atom is -0.393 e. The number of likely N-dealkylation sites (tertiary alicyclic amines) is 1. The van der Waals surface area contributed by atoms with Gasteiger partial charge in [-0.2, -0.15) is 0 Å². The highest BCUT2D eigenvalue weighted by atomic mass is 19.2. The minimum atomic E-state index is -1.56. The van der Waals surface area contributed by atoms with Gasteiger partial charge in [-0.1, -0.05) is 0 Å². The number of nitrogens with one attached hydrogen (secondary N) is 1. The number of hydrogen-bond donors (Lipinski definition) is 2. The van der Waals surface area contributed by atoms with E-state index < -0.39 is 29.6 Å². The first-order valence-corrected chi connectivity index (χ1v) is 6.77. The van der Waals surface area contributed by atoms with Crippen LogP contribution in [-0.2, 0) is 0 Å². The number of rotatable bonds is 2. The molecule has 2 N–H and O–H groups in total. The van der Waals surface area contributed by atoms with Crippen LogP contribution < -0.4 is 5.32 Å². The number of nitrogens with zero attached hydrogens (tertiary/aromatic N) is 1. The van der Waals surface area contributed by atoms with Crippen LogP contribution in [0.2, 0.25) is 0 Å². The third kappa shape index (κ3) is 3.66. The van der Waals surface area contributed by atoms with E-state index in [9.17, 15) is 23.1 Å². The average molecular weight is 302 g/mol. The molecule has 0 aromatic heterocycles. The normalized spacial score (nSPS) is 17.7. The number of aliphatic hydroxyl groups excluding tert-OH is 1. The molecule has 21 heavy (non-hydrogen) atoms. The molecular weight excluding hydrogens is 285 g/mol. The molecule has 1 aliphatic heterocycles. The third-order valence-corrected chi connectivity index (χ3v) is 3.74. The van der Waals surface area contributed by atoms with E-state index in [1.54, 1.807) is 6.92 Å². The van der Waals surface area contributed by atoms with E-state index in [2.05, 4.69) is 5.32 Å². The molecule has 4 nitrogen and oxygen atoms in total. The third-order valence-electron chi connectivity index (χ3n) is 3.74. The van der Waals surface area contributed by atoms with Crippen LogP contribution in [0.15, 0.2) is 12.1 Å². The van der Waals surface area contributed by atoms with Crippen LogP contribution in [0, 0.1) is 23.4 Å². The van der Waals surface area contributed by atoms with Gasteiger partial charge in [0.2, 0.25) is 0 Å². The smallest absolute Gasteiger partial charge is 0.321 e. The van der Waals surface area contributed by atoms with Gasteiger partial charge in [0.25, 0.3) is 0 Å². The summed E-state index contributed by atoms with van der Waals surface area (Å²) in [7, 11) is 0. The summed E-state index contributed by atoms with van der Waals surface area (Å²) in [6, 6.07) is 0.974. The first kappa shape index (κ1) is 15.6. The maximum Gasteiger partial charge on any atom is 0.321 e. The summed E-state index contributed by atoms with van der Waals surface area (Å²) < 4.78 is 39.0. The van der Waals surface area contributed by atoms with Crippen molar-refractivity contribution in [1.29, 1.82) is 0 Å². The fourth-order valence-electron chi connectivity index (χ4n) is 2.42. The van der Waals surface area contributed by atoms with Crippen molar-refractivity contribution in [3.8, 4) is 0 Å². The van der Waals surface area contributed by atoms with Gasteiger partial charge in [0, 0.05) is 30.9 Å². The van der Waals surface area contributed by atoms with Crippen LogP contribution in [0.1, 0.15) is 19.8 Å². The topological polar surface area (TPSA) is 52.6 Å². The number of carbonyl (C=O) groups excluding carboxylic acids is 1. The molecule has 1 atom stereocenters. The Morgan fingerprint density at radius 3 is 2.29 bits per heavy atom. The summed E-state index contributed by atoms with van der Waals surface area (Å²) >= 11 is 0. The van der Waals surface area contributed by atoms with Crippen molar-refractivity contribution in [1.82, 2.24) is 4.90 Å². The standard InChI is InChI=1S/C14H17F3N2O2/c1-8(20)9-2-4-19(5-3-9)14(21)18-10-6-11(15)13(17)12(16)7-10/h6-9,20H,2-5H2,1H3,(H,18,21). The lowest BCUT2D eigenvalue weighted by molar-refractivity contribution is 0.0820. The van der Waals surface area contributed by atoms with E-state index >= 15 is 0 Å². The second-order valence-corrected chi connectivity index (χ2v) is 5.25. The second-order valence-electron chi connectivity index (χ2n) is 5.25. The van der Waals surface area contributed by atoms with Crippen molar-refractivity contribution in [2.45, 2.75) is 25.9 Å². The fraction of sp³-hybridized carbons (Fsp3) is 0.500. The molecule has 1 fully saturated rings. The summed E-state index contributed by atoms with van der Waals surface area (Å²) in [6.45, 7) is 2.62. The lowest BCUT2D eigenvalue weighted by Crippen LogP contribution is -2.42. The SMILES string of the molecule is CC(O)C1CCN(C(=O)Nc2cc(F)c(F)c(F)c2)CC1. The Kier molecular flexibility index (Phi) is 4.72. The molecule has 1 unspecified atom stereocenters. The summed E-state index contributed by atoms with van der Waals surface area (Å²) in [5.41, 5.74) is -0.131. The van der Waals surface area contributed by atoms with Gasteiger partial charge in [-0.05, 0) is 25.7 Å². The van der Waals surface area contributed by atoms with E-state index in [1.165, 1.54) is 4.90 Å². The summed E-state index contributed by atoms with van der Waals surface area (Å²) in [6.07, 6.45) is 0.907. The molecule has 0 spiro atoms. The van der Waals surface area contributed by atoms with Crippen LogP contribution in [0.3, 0.4) is 0 Å². The number of benzene rings is 1. The van der Waals surface area contributed by atoms with E-state index in [1.807, 2.05) is 0 Å². The molecular formula is C14H17F3N2O2. The molecule has 1 heterocycles.